The molecule has 0 aliphatic rings. The van der Waals surface area contributed by atoms with Crippen LogP contribution in [-0.4, -0.2) is 24.4 Å². The summed E-state index contributed by atoms with van der Waals surface area (Å²) < 4.78 is 6.64. The van der Waals surface area contributed by atoms with Gasteiger partial charge in [0.25, 0.3) is 0 Å². The van der Waals surface area contributed by atoms with E-state index in [0.29, 0.717) is 19.8 Å². The summed E-state index contributed by atoms with van der Waals surface area (Å²) >= 11 is 3.93. The van der Waals surface area contributed by atoms with Crippen LogP contribution in [0, 0.1) is 3.57 Å². The number of halogens is 1. The molecule has 0 bridgehead atoms. The zero-order valence-electron chi connectivity index (χ0n) is 10.4. The Hall–Kier alpha value is -0.630. The Labute approximate surface area is 130 Å². The van der Waals surface area contributed by atoms with Crippen molar-refractivity contribution in [2.75, 3.05) is 18.5 Å². The van der Waals surface area contributed by atoms with Gasteiger partial charge >= 0.3 is 0 Å². The fraction of sp³-hybridized carbons (Fsp3) is 0.286. The van der Waals surface area contributed by atoms with Crippen LogP contribution in [0.25, 0.3) is 0 Å². The Kier molecular flexibility index (Phi) is 6.09. The third kappa shape index (κ3) is 5.48. The highest BCUT2D eigenvalue weighted by Crippen LogP contribution is 2.12. The lowest BCUT2D eigenvalue weighted by atomic mass is 10.3. The van der Waals surface area contributed by atoms with Gasteiger partial charge in [0.1, 0.15) is 0 Å². The molecule has 19 heavy (non-hydrogen) atoms. The monoisotopic (exact) mass is 389 g/mol. The van der Waals surface area contributed by atoms with E-state index in [1.165, 1.54) is 8.45 Å². The summed E-state index contributed by atoms with van der Waals surface area (Å²) in [6, 6.07) is 12.1. The molecule has 1 aromatic heterocycles. The van der Waals surface area contributed by atoms with Gasteiger partial charge in [0.05, 0.1) is 19.3 Å². The maximum Gasteiger partial charge on any atom is 0.0945 e. The minimum Gasteiger partial charge on any atom is -0.389 e. The molecule has 5 heteroatoms. The van der Waals surface area contributed by atoms with E-state index in [9.17, 15) is 5.11 Å². The van der Waals surface area contributed by atoms with Gasteiger partial charge in [-0.2, -0.15) is 0 Å². The zero-order chi connectivity index (χ0) is 13.5. The summed E-state index contributed by atoms with van der Waals surface area (Å²) in [6.45, 7) is 1.40. The third-order valence-electron chi connectivity index (χ3n) is 2.50. The summed E-state index contributed by atoms with van der Waals surface area (Å²) in [6.07, 6.45) is -0.502. The lowest BCUT2D eigenvalue weighted by Gasteiger charge is -2.13. The average Bonchev–Trinajstić information content (AvgIpc) is 2.90. The summed E-state index contributed by atoms with van der Waals surface area (Å²) in [5, 5.41) is 15.0. The number of thiophene rings is 1. The fourth-order valence-electron chi connectivity index (χ4n) is 1.58. The van der Waals surface area contributed by atoms with E-state index in [-0.39, 0.29) is 0 Å². The molecular weight excluding hydrogens is 373 g/mol. The molecule has 0 spiro atoms. The molecule has 1 atom stereocenters. The van der Waals surface area contributed by atoms with E-state index < -0.39 is 6.10 Å². The Morgan fingerprint density at radius 2 is 2.21 bits per heavy atom. The summed E-state index contributed by atoms with van der Waals surface area (Å²) in [4.78, 5) is 1.18. The van der Waals surface area contributed by atoms with Gasteiger partial charge < -0.3 is 15.2 Å². The molecule has 2 rings (SSSR count). The summed E-state index contributed by atoms with van der Waals surface area (Å²) in [5.41, 5.74) is 1.02. The standard InChI is InChI=1S/C14H16INO2S/c15-11-3-1-4-12(7-11)16-8-13(17)9-18-10-14-5-2-6-19-14/h1-7,13,16-17H,8-10H2. The number of nitrogens with one attached hydrogen (secondary N) is 1. The summed E-state index contributed by atoms with van der Waals surface area (Å²) in [7, 11) is 0. The second kappa shape index (κ2) is 7.84. The van der Waals surface area contributed by atoms with Gasteiger partial charge in [-0.1, -0.05) is 12.1 Å². The number of benzene rings is 1. The molecule has 0 fully saturated rings. The normalized spacial score (nSPS) is 12.3. The highest BCUT2D eigenvalue weighted by Gasteiger charge is 2.05. The molecule has 0 aliphatic heterocycles. The molecular formula is C14H16INO2S. The highest BCUT2D eigenvalue weighted by molar-refractivity contribution is 14.1. The molecule has 0 saturated carbocycles. The van der Waals surface area contributed by atoms with Crippen molar-refractivity contribution < 1.29 is 9.84 Å². The smallest absolute Gasteiger partial charge is 0.0945 e. The third-order valence-corrected chi connectivity index (χ3v) is 4.02. The predicted molar refractivity (Wildman–Crippen MR) is 87.6 cm³/mol. The van der Waals surface area contributed by atoms with E-state index in [1.54, 1.807) is 11.3 Å². The van der Waals surface area contributed by atoms with Crippen molar-refractivity contribution in [3.8, 4) is 0 Å². The molecule has 102 valence electrons. The largest absolute Gasteiger partial charge is 0.389 e. The quantitative estimate of drug-likeness (QED) is 0.714. The minimum absolute atomic E-state index is 0.342. The molecule has 1 heterocycles. The Bertz CT molecular complexity index is 490. The Morgan fingerprint density at radius 1 is 1.32 bits per heavy atom. The first-order valence-electron chi connectivity index (χ1n) is 6.01. The van der Waals surface area contributed by atoms with Gasteiger partial charge in [-0.15, -0.1) is 11.3 Å². The van der Waals surface area contributed by atoms with E-state index in [0.717, 1.165) is 5.69 Å². The molecule has 2 N–H and O–H groups in total. The zero-order valence-corrected chi connectivity index (χ0v) is 13.4. The van der Waals surface area contributed by atoms with Crippen LogP contribution in [0.15, 0.2) is 41.8 Å². The number of ether oxygens (including phenoxy) is 1. The van der Waals surface area contributed by atoms with Crippen LogP contribution in [0.2, 0.25) is 0 Å². The number of anilines is 1. The first-order chi connectivity index (χ1) is 9.24. The second-order valence-corrected chi connectivity index (χ2v) is 6.42. The molecule has 0 saturated heterocycles. The van der Waals surface area contributed by atoms with E-state index >= 15 is 0 Å². The van der Waals surface area contributed by atoms with Gasteiger partial charge in [0.2, 0.25) is 0 Å². The van der Waals surface area contributed by atoms with E-state index in [4.69, 9.17) is 4.74 Å². The molecule has 1 aromatic carbocycles. The van der Waals surface area contributed by atoms with Crippen molar-refractivity contribution in [3.05, 3.63) is 50.2 Å². The number of aliphatic hydroxyl groups excluding tert-OH is 1. The lowest BCUT2D eigenvalue weighted by Crippen LogP contribution is -2.24. The minimum atomic E-state index is -0.502. The van der Waals surface area contributed by atoms with Crippen LogP contribution in [0.4, 0.5) is 5.69 Å². The van der Waals surface area contributed by atoms with Crippen molar-refractivity contribution in [1.29, 1.82) is 0 Å². The van der Waals surface area contributed by atoms with E-state index in [2.05, 4.69) is 27.9 Å². The van der Waals surface area contributed by atoms with Gasteiger partial charge in [0.15, 0.2) is 0 Å². The van der Waals surface area contributed by atoms with Gasteiger partial charge in [0, 0.05) is 20.7 Å². The second-order valence-electron chi connectivity index (χ2n) is 4.14. The van der Waals surface area contributed by atoms with Crippen LogP contribution < -0.4 is 5.32 Å². The van der Waals surface area contributed by atoms with Crippen LogP contribution in [0.3, 0.4) is 0 Å². The van der Waals surface area contributed by atoms with Crippen molar-refractivity contribution in [3.63, 3.8) is 0 Å². The SMILES string of the molecule is OC(CNc1cccc(I)c1)COCc1cccs1. The van der Waals surface area contributed by atoms with Crippen molar-refractivity contribution in [2.45, 2.75) is 12.7 Å². The molecule has 0 amide bonds. The van der Waals surface area contributed by atoms with Gasteiger partial charge in [-0.25, -0.2) is 0 Å². The molecule has 0 radical (unpaired) electrons. The maximum absolute atomic E-state index is 9.82. The van der Waals surface area contributed by atoms with Crippen LogP contribution in [0.5, 0.6) is 0 Å². The fourth-order valence-corrected chi connectivity index (χ4v) is 2.77. The first-order valence-corrected chi connectivity index (χ1v) is 7.97. The molecule has 2 aromatic rings. The molecule has 3 nitrogen and oxygen atoms in total. The van der Waals surface area contributed by atoms with Crippen molar-refractivity contribution in [1.82, 2.24) is 0 Å². The van der Waals surface area contributed by atoms with E-state index in [1.807, 2.05) is 41.8 Å². The predicted octanol–water partition coefficient (Wildman–Crippen LogP) is 3.34. The summed E-state index contributed by atoms with van der Waals surface area (Å²) in [5.74, 6) is 0. The lowest BCUT2D eigenvalue weighted by molar-refractivity contribution is 0.0359. The van der Waals surface area contributed by atoms with Gasteiger partial charge in [-0.3, -0.25) is 0 Å². The molecule has 0 aliphatic carbocycles. The Balaban J connectivity index is 1.65. The Morgan fingerprint density at radius 3 is 2.95 bits per heavy atom. The maximum atomic E-state index is 9.82. The topological polar surface area (TPSA) is 41.5 Å². The van der Waals surface area contributed by atoms with Crippen LogP contribution in [-0.2, 0) is 11.3 Å². The highest BCUT2D eigenvalue weighted by atomic mass is 127. The van der Waals surface area contributed by atoms with Crippen molar-refractivity contribution >= 4 is 39.6 Å². The van der Waals surface area contributed by atoms with Crippen LogP contribution in [0.1, 0.15) is 4.88 Å². The number of rotatable bonds is 7. The number of hydrogen-bond donors (Lipinski definition) is 2. The average molecular weight is 389 g/mol. The van der Waals surface area contributed by atoms with Gasteiger partial charge in [-0.05, 0) is 52.2 Å². The van der Waals surface area contributed by atoms with Crippen LogP contribution >= 0.6 is 33.9 Å². The number of aliphatic hydroxyl groups is 1. The van der Waals surface area contributed by atoms with Crippen molar-refractivity contribution in [2.24, 2.45) is 0 Å². The number of hydrogen-bond acceptors (Lipinski definition) is 4. The first kappa shape index (κ1) is 14.8. The molecule has 1 unspecified atom stereocenters.